The number of ether oxygens (including phenoxy) is 1. The van der Waals surface area contributed by atoms with Crippen LogP contribution in [-0.2, 0) is 4.79 Å². The van der Waals surface area contributed by atoms with E-state index in [0.717, 1.165) is 23.1 Å². The van der Waals surface area contributed by atoms with Crippen LogP contribution in [0.4, 0.5) is 0 Å². The van der Waals surface area contributed by atoms with Crippen molar-refractivity contribution in [3.63, 3.8) is 0 Å². The van der Waals surface area contributed by atoms with E-state index in [9.17, 15) is 4.79 Å². The topological polar surface area (TPSA) is 58.6 Å². The van der Waals surface area contributed by atoms with E-state index in [-0.39, 0.29) is 17.9 Å². The number of rotatable bonds is 7. The van der Waals surface area contributed by atoms with Gasteiger partial charge in [-0.05, 0) is 37.1 Å². The number of aliphatic hydroxyl groups is 1. The van der Waals surface area contributed by atoms with Gasteiger partial charge in [0.05, 0.1) is 19.6 Å². The summed E-state index contributed by atoms with van der Waals surface area (Å²) < 4.78 is 6.47. The molecule has 0 aliphatic heterocycles. The van der Waals surface area contributed by atoms with Crippen molar-refractivity contribution in [3.8, 4) is 5.75 Å². The molecule has 1 aliphatic carbocycles. The number of aliphatic hydroxyl groups excluding tert-OH is 1. The predicted octanol–water partition coefficient (Wildman–Crippen LogP) is 2.11. The molecule has 1 saturated carbocycles. The van der Waals surface area contributed by atoms with E-state index in [4.69, 9.17) is 9.84 Å². The first kappa shape index (κ1) is 14.3. The van der Waals surface area contributed by atoms with Gasteiger partial charge in [0, 0.05) is 16.4 Å². The highest BCUT2D eigenvalue weighted by atomic mass is 79.9. The Bertz CT molecular complexity index is 429. The van der Waals surface area contributed by atoms with Crippen LogP contribution in [0.15, 0.2) is 28.7 Å². The summed E-state index contributed by atoms with van der Waals surface area (Å²) >= 11 is 3.35. The fraction of sp³-hybridized carbons (Fsp3) is 0.500. The van der Waals surface area contributed by atoms with Crippen molar-refractivity contribution in [3.05, 3.63) is 28.7 Å². The zero-order chi connectivity index (χ0) is 13.7. The Labute approximate surface area is 121 Å². The molecule has 19 heavy (non-hydrogen) atoms. The van der Waals surface area contributed by atoms with Crippen LogP contribution in [0.1, 0.15) is 19.3 Å². The largest absolute Gasteiger partial charge is 0.493 e. The van der Waals surface area contributed by atoms with E-state index in [1.54, 1.807) is 0 Å². The van der Waals surface area contributed by atoms with Crippen molar-refractivity contribution in [2.75, 3.05) is 19.8 Å². The molecule has 1 aliphatic rings. The molecule has 0 radical (unpaired) electrons. The van der Waals surface area contributed by atoms with Gasteiger partial charge < -0.3 is 15.2 Å². The van der Waals surface area contributed by atoms with E-state index in [1.165, 1.54) is 0 Å². The molecular weight excluding hydrogens is 310 g/mol. The van der Waals surface area contributed by atoms with Gasteiger partial charge in [0.2, 0.25) is 5.91 Å². The molecule has 0 saturated heterocycles. The maximum absolute atomic E-state index is 11.6. The molecule has 2 N–H and O–H groups in total. The first-order valence-electron chi connectivity index (χ1n) is 6.39. The smallest absolute Gasteiger partial charge is 0.223 e. The molecule has 2 rings (SSSR count). The molecular formula is C14H18BrNO3. The lowest BCUT2D eigenvalue weighted by Gasteiger charge is -2.12. The highest BCUT2D eigenvalue weighted by Gasteiger charge is 2.41. The minimum absolute atomic E-state index is 0.0307. The normalized spacial score (nSPS) is 15.9. The second-order valence-electron chi connectivity index (χ2n) is 4.99. The number of halogens is 1. The Morgan fingerprint density at radius 2 is 2.05 bits per heavy atom. The molecule has 1 aromatic rings. The molecule has 1 aromatic carbocycles. The number of hydrogen-bond acceptors (Lipinski definition) is 3. The Morgan fingerprint density at radius 1 is 1.37 bits per heavy atom. The fourth-order valence-electron chi connectivity index (χ4n) is 1.73. The third-order valence-corrected chi connectivity index (χ3v) is 3.89. The molecule has 1 amide bonds. The lowest BCUT2D eigenvalue weighted by molar-refractivity contribution is -0.121. The average Bonchev–Trinajstić information content (AvgIpc) is 3.19. The molecule has 0 unspecified atom stereocenters. The zero-order valence-corrected chi connectivity index (χ0v) is 12.3. The second-order valence-corrected chi connectivity index (χ2v) is 5.90. The van der Waals surface area contributed by atoms with Gasteiger partial charge in [-0.2, -0.15) is 0 Å². The van der Waals surface area contributed by atoms with Gasteiger partial charge >= 0.3 is 0 Å². The Morgan fingerprint density at radius 3 is 2.63 bits per heavy atom. The van der Waals surface area contributed by atoms with E-state index >= 15 is 0 Å². The predicted molar refractivity (Wildman–Crippen MR) is 76.0 cm³/mol. The SMILES string of the molecule is O=C(CCOc1ccc(Br)cc1)NCC1(CO)CC1. The lowest BCUT2D eigenvalue weighted by atomic mass is 10.1. The fourth-order valence-corrected chi connectivity index (χ4v) is 2.00. The van der Waals surface area contributed by atoms with Crippen LogP contribution in [0.5, 0.6) is 5.75 Å². The first-order valence-corrected chi connectivity index (χ1v) is 7.19. The Balaban J connectivity index is 1.62. The lowest BCUT2D eigenvalue weighted by Crippen LogP contribution is -2.32. The number of amides is 1. The van der Waals surface area contributed by atoms with Crippen LogP contribution < -0.4 is 10.1 Å². The van der Waals surface area contributed by atoms with Crippen LogP contribution >= 0.6 is 15.9 Å². The van der Waals surface area contributed by atoms with Crippen molar-refractivity contribution in [2.45, 2.75) is 19.3 Å². The summed E-state index contributed by atoms with van der Waals surface area (Å²) in [5.74, 6) is 0.724. The number of carbonyl (C=O) groups is 1. The number of hydrogen-bond donors (Lipinski definition) is 2. The van der Waals surface area contributed by atoms with Gasteiger partial charge in [-0.25, -0.2) is 0 Å². The second kappa shape index (κ2) is 6.39. The summed E-state index contributed by atoms with van der Waals surface area (Å²) in [5.41, 5.74) is -0.0395. The number of carbonyl (C=O) groups excluding carboxylic acids is 1. The van der Waals surface area contributed by atoms with Crippen molar-refractivity contribution in [1.29, 1.82) is 0 Å². The van der Waals surface area contributed by atoms with Gasteiger partial charge in [0.1, 0.15) is 5.75 Å². The summed E-state index contributed by atoms with van der Waals surface area (Å²) in [7, 11) is 0. The first-order chi connectivity index (χ1) is 9.13. The van der Waals surface area contributed by atoms with E-state index in [2.05, 4.69) is 21.2 Å². The van der Waals surface area contributed by atoms with Crippen molar-refractivity contribution < 1.29 is 14.6 Å². The molecule has 5 heteroatoms. The maximum Gasteiger partial charge on any atom is 0.223 e. The molecule has 4 nitrogen and oxygen atoms in total. The Kier molecular flexibility index (Phi) is 4.82. The third kappa shape index (κ3) is 4.51. The molecule has 0 aromatic heterocycles. The van der Waals surface area contributed by atoms with Crippen molar-refractivity contribution in [1.82, 2.24) is 5.32 Å². The van der Waals surface area contributed by atoms with Crippen LogP contribution in [0.2, 0.25) is 0 Å². The summed E-state index contributed by atoms with van der Waals surface area (Å²) in [6.07, 6.45) is 2.33. The van der Waals surface area contributed by atoms with Gasteiger partial charge in [0.15, 0.2) is 0 Å². The zero-order valence-electron chi connectivity index (χ0n) is 10.7. The van der Waals surface area contributed by atoms with E-state index in [0.29, 0.717) is 19.6 Å². The third-order valence-electron chi connectivity index (χ3n) is 3.36. The highest BCUT2D eigenvalue weighted by Crippen LogP contribution is 2.44. The summed E-state index contributed by atoms with van der Waals surface area (Å²) in [5, 5.41) is 12.0. The van der Waals surface area contributed by atoms with Crippen LogP contribution in [0.25, 0.3) is 0 Å². The number of benzene rings is 1. The maximum atomic E-state index is 11.6. The van der Waals surface area contributed by atoms with Gasteiger partial charge in [-0.15, -0.1) is 0 Å². The molecule has 0 atom stereocenters. The van der Waals surface area contributed by atoms with Gasteiger partial charge in [-0.3, -0.25) is 4.79 Å². The van der Waals surface area contributed by atoms with Crippen LogP contribution in [0, 0.1) is 5.41 Å². The van der Waals surface area contributed by atoms with Gasteiger partial charge in [0.25, 0.3) is 0 Å². The standard InChI is InChI=1S/C14H18BrNO3/c15-11-1-3-12(4-2-11)19-8-5-13(18)16-9-14(10-17)6-7-14/h1-4,17H,5-10H2,(H,16,18). The molecule has 1 fully saturated rings. The van der Waals surface area contributed by atoms with Crippen molar-refractivity contribution >= 4 is 21.8 Å². The Hall–Kier alpha value is -1.07. The van der Waals surface area contributed by atoms with E-state index < -0.39 is 0 Å². The quantitative estimate of drug-likeness (QED) is 0.806. The summed E-state index contributed by atoms with van der Waals surface area (Å²) in [6.45, 7) is 1.09. The van der Waals surface area contributed by atoms with Gasteiger partial charge in [-0.1, -0.05) is 15.9 Å². The monoisotopic (exact) mass is 327 g/mol. The number of nitrogens with one attached hydrogen (secondary N) is 1. The minimum atomic E-state index is -0.0395. The highest BCUT2D eigenvalue weighted by molar-refractivity contribution is 9.10. The van der Waals surface area contributed by atoms with Crippen molar-refractivity contribution in [2.24, 2.45) is 5.41 Å². The molecule has 104 valence electrons. The average molecular weight is 328 g/mol. The van der Waals surface area contributed by atoms with Crippen LogP contribution in [0.3, 0.4) is 0 Å². The summed E-state index contributed by atoms with van der Waals surface area (Å²) in [6, 6.07) is 7.50. The molecule has 0 bridgehead atoms. The summed E-state index contributed by atoms with van der Waals surface area (Å²) in [4.78, 5) is 11.6. The molecule has 0 heterocycles. The molecule has 0 spiro atoms. The van der Waals surface area contributed by atoms with E-state index in [1.807, 2.05) is 24.3 Å². The van der Waals surface area contributed by atoms with Crippen LogP contribution in [-0.4, -0.2) is 30.8 Å². The minimum Gasteiger partial charge on any atom is -0.493 e.